The molecule has 1 atom stereocenters. The lowest BCUT2D eigenvalue weighted by molar-refractivity contribution is 0.166. The van der Waals surface area contributed by atoms with Gasteiger partial charge in [-0.2, -0.15) is 0 Å². The average molecular weight is 358 g/mol. The van der Waals surface area contributed by atoms with Crippen molar-refractivity contribution < 1.29 is 18.2 Å². The molecule has 9 heteroatoms. The van der Waals surface area contributed by atoms with Gasteiger partial charge in [0.05, 0.1) is 11.6 Å². The van der Waals surface area contributed by atoms with Gasteiger partial charge in [-0.05, 0) is 38.3 Å². The summed E-state index contributed by atoms with van der Waals surface area (Å²) in [6.07, 6.45) is 1.81. The van der Waals surface area contributed by atoms with E-state index in [4.69, 9.17) is 36.9 Å². The second kappa shape index (κ2) is 8.15. The number of nitrogens with zero attached hydrogens (tertiary/aromatic N) is 1. The van der Waals surface area contributed by atoms with Crippen LogP contribution in [-0.2, 0) is 13.7 Å². The lowest BCUT2D eigenvalue weighted by Gasteiger charge is -2.16. The number of phosphoric acid groups is 1. The molecule has 0 aliphatic carbocycles. The molecule has 112 valence electrons. The smallest absolute Gasteiger partial charge is 0.392 e. The summed E-state index contributed by atoms with van der Waals surface area (Å²) in [5.41, 5.74) is 0. The van der Waals surface area contributed by atoms with E-state index >= 15 is 0 Å². The third kappa shape index (κ3) is 5.54. The summed E-state index contributed by atoms with van der Waals surface area (Å²) in [5.74, 6) is 0.143. The van der Waals surface area contributed by atoms with E-state index in [2.05, 4.69) is 5.16 Å². The molecule has 0 saturated heterocycles. The van der Waals surface area contributed by atoms with Crippen molar-refractivity contribution in [1.29, 1.82) is 0 Å². The molecule has 0 aromatic heterocycles. The third-order valence-corrected chi connectivity index (χ3v) is 4.43. The Morgan fingerprint density at radius 2 is 2.15 bits per heavy atom. The molecule has 1 rings (SSSR count). The third-order valence-electron chi connectivity index (χ3n) is 1.96. The summed E-state index contributed by atoms with van der Waals surface area (Å²) in [5, 5.41) is 4.89. The summed E-state index contributed by atoms with van der Waals surface area (Å²) >= 11 is 13.1. The van der Waals surface area contributed by atoms with Gasteiger partial charge in [0.25, 0.3) is 0 Å². The molecule has 0 radical (unpaired) electrons. The summed E-state index contributed by atoms with van der Waals surface area (Å²) in [4.78, 5) is 0. The molecule has 1 unspecified atom stereocenters. The zero-order valence-corrected chi connectivity index (χ0v) is 14.4. The molecule has 5 nitrogen and oxygen atoms in total. The number of rotatable bonds is 6. The van der Waals surface area contributed by atoms with Gasteiger partial charge in [-0.15, -0.1) is 11.8 Å². The van der Waals surface area contributed by atoms with Crippen LogP contribution in [0.25, 0.3) is 0 Å². The Morgan fingerprint density at radius 1 is 1.45 bits per heavy atom. The van der Waals surface area contributed by atoms with E-state index in [-0.39, 0.29) is 17.4 Å². The maximum atomic E-state index is 12.4. The standard InChI is InChI=1S/C11H14Cl2NO4PS/c1-4-16-19(15,18-14-8(2)20-3)17-11-6-5-9(12)7-10(11)13/h5-7H,4H2,1-3H3/b14-8+. The van der Waals surface area contributed by atoms with Crippen LogP contribution in [0.15, 0.2) is 23.4 Å². The highest BCUT2D eigenvalue weighted by Gasteiger charge is 2.31. The molecule has 0 aliphatic rings. The molecule has 20 heavy (non-hydrogen) atoms. The van der Waals surface area contributed by atoms with E-state index < -0.39 is 7.82 Å². The van der Waals surface area contributed by atoms with Crippen molar-refractivity contribution in [2.45, 2.75) is 13.8 Å². The van der Waals surface area contributed by atoms with Crippen LogP contribution >= 0.6 is 42.8 Å². The number of benzene rings is 1. The lowest BCUT2D eigenvalue weighted by Crippen LogP contribution is -2.01. The Bertz CT molecular complexity index is 541. The molecule has 0 heterocycles. The van der Waals surface area contributed by atoms with Gasteiger partial charge in [-0.25, -0.2) is 4.57 Å². The second-order valence-corrected chi connectivity index (χ2v) is 6.77. The number of halogens is 2. The van der Waals surface area contributed by atoms with Crippen LogP contribution in [0.1, 0.15) is 13.8 Å². The lowest BCUT2D eigenvalue weighted by atomic mass is 10.3. The Labute approximate surface area is 132 Å². The number of thioether (sulfide) groups is 1. The van der Waals surface area contributed by atoms with E-state index in [0.717, 1.165) is 0 Å². The fourth-order valence-corrected chi connectivity index (χ4v) is 2.78. The minimum absolute atomic E-state index is 0.135. The molecule has 0 amide bonds. The van der Waals surface area contributed by atoms with Gasteiger partial charge in [0.1, 0.15) is 5.04 Å². The van der Waals surface area contributed by atoms with Gasteiger partial charge in [0, 0.05) is 5.02 Å². The van der Waals surface area contributed by atoms with Crippen LogP contribution in [0.5, 0.6) is 5.75 Å². The Morgan fingerprint density at radius 3 is 2.70 bits per heavy atom. The molecule has 1 aromatic carbocycles. The van der Waals surface area contributed by atoms with Crippen molar-refractivity contribution in [2.75, 3.05) is 12.9 Å². The molecule has 0 fully saturated rings. The molecule has 1 aromatic rings. The Kier molecular flexibility index (Phi) is 7.20. The quantitative estimate of drug-likeness (QED) is 0.302. The number of oxime groups is 1. The fourth-order valence-electron chi connectivity index (χ4n) is 1.04. The van der Waals surface area contributed by atoms with Crippen LogP contribution in [0.3, 0.4) is 0 Å². The van der Waals surface area contributed by atoms with Crippen LogP contribution in [0.2, 0.25) is 10.0 Å². The summed E-state index contributed by atoms with van der Waals surface area (Å²) in [7, 11) is -3.88. The minimum Gasteiger partial charge on any atom is -0.392 e. The van der Waals surface area contributed by atoms with Gasteiger partial charge >= 0.3 is 7.82 Å². The van der Waals surface area contributed by atoms with E-state index in [1.165, 1.54) is 23.9 Å². The second-order valence-electron chi connectivity index (χ2n) is 3.43. The van der Waals surface area contributed by atoms with Crippen molar-refractivity contribution in [3.05, 3.63) is 28.2 Å². The van der Waals surface area contributed by atoms with Crippen LogP contribution < -0.4 is 4.52 Å². The highest BCUT2D eigenvalue weighted by Crippen LogP contribution is 2.51. The number of phosphoric ester groups is 1. The zero-order valence-electron chi connectivity index (χ0n) is 11.1. The summed E-state index contributed by atoms with van der Waals surface area (Å²) in [6.45, 7) is 3.50. The molecule has 0 bridgehead atoms. The topological polar surface area (TPSA) is 57.1 Å². The zero-order chi connectivity index (χ0) is 15.2. The van der Waals surface area contributed by atoms with Crippen molar-refractivity contribution in [2.24, 2.45) is 5.16 Å². The summed E-state index contributed by atoms with van der Waals surface area (Å²) < 4.78 is 27.5. The van der Waals surface area contributed by atoms with Gasteiger partial charge in [0.2, 0.25) is 0 Å². The molecule has 0 saturated carbocycles. The largest absolute Gasteiger partial charge is 0.608 e. The van der Waals surface area contributed by atoms with Crippen LogP contribution in [0.4, 0.5) is 0 Å². The van der Waals surface area contributed by atoms with Crippen molar-refractivity contribution in [3.63, 3.8) is 0 Å². The van der Waals surface area contributed by atoms with Crippen molar-refractivity contribution in [1.82, 2.24) is 0 Å². The maximum Gasteiger partial charge on any atom is 0.608 e. The highest BCUT2D eigenvalue weighted by atomic mass is 35.5. The van der Waals surface area contributed by atoms with E-state index in [9.17, 15) is 4.57 Å². The monoisotopic (exact) mass is 357 g/mol. The molecule has 0 N–H and O–H groups in total. The van der Waals surface area contributed by atoms with Gasteiger partial charge in [0.15, 0.2) is 5.75 Å². The molecule has 0 spiro atoms. The van der Waals surface area contributed by atoms with Gasteiger partial charge < -0.3 is 4.52 Å². The molecular formula is C11H14Cl2NO4PS. The Hall–Kier alpha value is -0.390. The fraction of sp³-hybridized carbons (Fsp3) is 0.364. The van der Waals surface area contributed by atoms with Crippen LogP contribution in [0, 0.1) is 0 Å². The first-order valence-electron chi connectivity index (χ1n) is 5.56. The number of hydrogen-bond donors (Lipinski definition) is 0. The first-order valence-corrected chi connectivity index (χ1v) is 9.01. The van der Waals surface area contributed by atoms with E-state index in [0.29, 0.717) is 10.1 Å². The van der Waals surface area contributed by atoms with Crippen LogP contribution in [-0.4, -0.2) is 17.9 Å². The summed E-state index contributed by atoms with van der Waals surface area (Å²) in [6, 6.07) is 4.49. The van der Waals surface area contributed by atoms with Gasteiger partial charge in [-0.1, -0.05) is 28.4 Å². The van der Waals surface area contributed by atoms with Gasteiger partial charge in [-0.3, -0.25) is 9.15 Å². The highest BCUT2D eigenvalue weighted by molar-refractivity contribution is 8.13. The van der Waals surface area contributed by atoms with E-state index in [1.807, 2.05) is 6.26 Å². The molecular weight excluding hydrogens is 344 g/mol. The predicted octanol–water partition coefficient (Wildman–Crippen LogP) is 5.23. The first-order chi connectivity index (χ1) is 9.40. The molecule has 0 aliphatic heterocycles. The normalized spacial score (nSPS) is 14.8. The van der Waals surface area contributed by atoms with Crippen molar-refractivity contribution in [3.8, 4) is 5.75 Å². The Balaban J connectivity index is 2.93. The predicted molar refractivity (Wildman–Crippen MR) is 84.0 cm³/mol. The minimum atomic E-state index is -3.88. The number of hydrogen-bond acceptors (Lipinski definition) is 6. The first kappa shape index (κ1) is 17.7. The average Bonchev–Trinajstić information content (AvgIpc) is 2.40. The maximum absolute atomic E-state index is 12.4. The SMILES string of the molecule is CCOP(=O)(O/N=C(\C)SC)Oc1ccc(Cl)cc1Cl. The van der Waals surface area contributed by atoms with E-state index in [1.54, 1.807) is 19.9 Å². The van der Waals surface area contributed by atoms with Crippen molar-refractivity contribution >= 4 is 47.8 Å².